The average molecular weight is 440 g/mol. The van der Waals surface area contributed by atoms with Crippen LogP contribution in [0.25, 0.3) is 0 Å². The van der Waals surface area contributed by atoms with Gasteiger partial charge < -0.3 is 10.6 Å². The summed E-state index contributed by atoms with van der Waals surface area (Å²) in [5.74, 6) is 1.83. The number of hydrogen-bond acceptors (Lipinski definition) is 9. The van der Waals surface area contributed by atoms with Crippen LogP contribution in [0.2, 0.25) is 0 Å². The van der Waals surface area contributed by atoms with Crippen molar-refractivity contribution in [3.63, 3.8) is 0 Å². The number of nitrogens with one attached hydrogen (secondary N) is 2. The standard InChI is InChI=1S/C21H25N7O2S/c1-15(28-10-3-4-11-28)16-7-8-18(23-13-16)26-19-12-20(25-14-24-19)27-21-17(31(2,29)30)6-5-9-22-21/h5-9,12-15H,3-4,10-11H2,1-2H3,(H2,22,23,24,25,26,27). The van der Waals surface area contributed by atoms with Crippen LogP contribution >= 0.6 is 0 Å². The summed E-state index contributed by atoms with van der Waals surface area (Å²) in [5.41, 5.74) is 1.18. The minimum Gasteiger partial charge on any atom is -0.325 e. The monoisotopic (exact) mass is 439 g/mol. The van der Waals surface area contributed by atoms with Gasteiger partial charge in [0.05, 0.1) is 0 Å². The summed E-state index contributed by atoms with van der Waals surface area (Å²) in [7, 11) is -3.43. The summed E-state index contributed by atoms with van der Waals surface area (Å²) in [5, 5.41) is 6.11. The molecule has 3 aromatic rings. The van der Waals surface area contributed by atoms with Crippen LogP contribution in [0.1, 0.15) is 31.4 Å². The van der Waals surface area contributed by atoms with E-state index in [9.17, 15) is 8.42 Å². The highest BCUT2D eigenvalue weighted by Gasteiger charge is 2.19. The summed E-state index contributed by atoms with van der Waals surface area (Å²) in [4.78, 5) is 19.6. The van der Waals surface area contributed by atoms with E-state index in [2.05, 4.69) is 48.5 Å². The number of likely N-dealkylation sites (tertiary alicyclic amines) is 1. The number of aromatic nitrogens is 4. The van der Waals surface area contributed by atoms with Gasteiger partial charge >= 0.3 is 0 Å². The molecular weight excluding hydrogens is 414 g/mol. The zero-order valence-electron chi connectivity index (χ0n) is 17.5. The highest BCUT2D eigenvalue weighted by Crippen LogP contribution is 2.26. The second-order valence-electron chi connectivity index (χ2n) is 7.56. The second kappa shape index (κ2) is 8.94. The minimum absolute atomic E-state index is 0.104. The number of hydrogen-bond donors (Lipinski definition) is 2. The molecule has 0 saturated carbocycles. The van der Waals surface area contributed by atoms with Gasteiger partial charge in [-0.1, -0.05) is 6.07 Å². The zero-order valence-corrected chi connectivity index (χ0v) is 18.3. The van der Waals surface area contributed by atoms with Gasteiger partial charge in [0.25, 0.3) is 0 Å². The van der Waals surface area contributed by atoms with Gasteiger partial charge in [-0.05, 0) is 56.6 Å². The van der Waals surface area contributed by atoms with E-state index < -0.39 is 9.84 Å². The lowest BCUT2D eigenvalue weighted by Gasteiger charge is -2.23. The predicted octanol–water partition coefficient (Wildman–Crippen LogP) is 3.31. The molecule has 4 heterocycles. The summed E-state index contributed by atoms with van der Waals surface area (Å²) in [6.45, 7) is 4.48. The molecule has 2 N–H and O–H groups in total. The van der Waals surface area contributed by atoms with Crippen LogP contribution in [-0.4, -0.2) is 52.6 Å². The maximum absolute atomic E-state index is 12.0. The van der Waals surface area contributed by atoms with Gasteiger partial charge in [-0.3, -0.25) is 4.90 Å². The lowest BCUT2D eigenvalue weighted by molar-refractivity contribution is 0.263. The predicted molar refractivity (Wildman–Crippen MR) is 119 cm³/mol. The van der Waals surface area contributed by atoms with Crippen molar-refractivity contribution < 1.29 is 8.42 Å². The molecule has 0 amide bonds. The third-order valence-electron chi connectivity index (χ3n) is 5.30. The maximum atomic E-state index is 12.0. The first-order chi connectivity index (χ1) is 14.9. The molecule has 0 spiro atoms. The van der Waals surface area contributed by atoms with E-state index in [1.54, 1.807) is 12.1 Å². The van der Waals surface area contributed by atoms with Gasteiger partial charge in [0, 0.05) is 30.8 Å². The third-order valence-corrected chi connectivity index (χ3v) is 6.43. The molecule has 10 heteroatoms. The first-order valence-corrected chi connectivity index (χ1v) is 12.0. The van der Waals surface area contributed by atoms with Crippen LogP contribution in [0, 0.1) is 0 Å². The fourth-order valence-electron chi connectivity index (χ4n) is 3.60. The SMILES string of the molecule is CC(c1ccc(Nc2cc(Nc3ncccc3S(C)(=O)=O)ncn2)nc1)N1CCCC1. The molecule has 9 nitrogen and oxygen atoms in total. The van der Waals surface area contributed by atoms with Crippen molar-refractivity contribution in [1.29, 1.82) is 0 Å². The van der Waals surface area contributed by atoms with E-state index in [1.807, 2.05) is 12.3 Å². The number of pyridine rings is 2. The maximum Gasteiger partial charge on any atom is 0.179 e. The van der Waals surface area contributed by atoms with Gasteiger partial charge in [0.2, 0.25) is 0 Å². The molecule has 0 aromatic carbocycles. The average Bonchev–Trinajstić information content (AvgIpc) is 3.29. The Morgan fingerprint density at radius 3 is 2.39 bits per heavy atom. The quantitative estimate of drug-likeness (QED) is 0.572. The van der Waals surface area contributed by atoms with Crippen molar-refractivity contribution in [2.75, 3.05) is 30.0 Å². The van der Waals surface area contributed by atoms with Crippen LogP contribution in [0.5, 0.6) is 0 Å². The van der Waals surface area contributed by atoms with Crippen LogP contribution in [0.3, 0.4) is 0 Å². The molecule has 1 atom stereocenters. The number of rotatable bonds is 7. The number of anilines is 4. The lowest BCUT2D eigenvalue weighted by Crippen LogP contribution is -2.23. The van der Waals surface area contributed by atoms with E-state index in [0.29, 0.717) is 23.5 Å². The van der Waals surface area contributed by atoms with Gasteiger partial charge in [0.1, 0.15) is 34.5 Å². The fourth-order valence-corrected chi connectivity index (χ4v) is 4.38. The Balaban J connectivity index is 1.47. The molecular formula is C21H25N7O2S. The zero-order chi connectivity index (χ0) is 21.8. The summed E-state index contributed by atoms with van der Waals surface area (Å²) < 4.78 is 24.0. The molecule has 1 aliphatic rings. The van der Waals surface area contributed by atoms with Crippen LogP contribution in [-0.2, 0) is 9.84 Å². The molecule has 1 fully saturated rings. The largest absolute Gasteiger partial charge is 0.325 e. The van der Waals surface area contributed by atoms with Crippen LogP contribution < -0.4 is 10.6 Å². The van der Waals surface area contributed by atoms with Gasteiger partial charge in [-0.25, -0.2) is 28.4 Å². The summed E-state index contributed by atoms with van der Waals surface area (Å²) in [6.07, 6.45) is 8.45. The molecule has 0 aliphatic carbocycles. The van der Waals surface area contributed by atoms with Gasteiger partial charge in [-0.2, -0.15) is 0 Å². The van der Waals surface area contributed by atoms with Crippen molar-refractivity contribution in [2.24, 2.45) is 0 Å². The van der Waals surface area contributed by atoms with Crippen molar-refractivity contribution in [3.8, 4) is 0 Å². The van der Waals surface area contributed by atoms with Crippen molar-refractivity contribution in [2.45, 2.75) is 30.7 Å². The Kier molecular flexibility index (Phi) is 6.10. The minimum atomic E-state index is -3.43. The molecule has 1 aliphatic heterocycles. The molecule has 3 aromatic heterocycles. The normalized spacial score (nSPS) is 15.5. The Morgan fingerprint density at radius 2 is 1.71 bits per heavy atom. The molecule has 1 unspecified atom stereocenters. The van der Waals surface area contributed by atoms with E-state index in [0.717, 1.165) is 19.3 Å². The number of nitrogens with zero attached hydrogens (tertiary/aromatic N) is 5. The van der Waals surface area contributed by atoms with E-state index >= 15 is 0 Å². The van der Waals surface area contributed by atoms with Crippen molar-refractivity contribution in [1.82, 2.24) is 24.8 Å². The summed E-state index contributed by atoms with van der Waals surface area (Å²) in [6, 6.07) is 9.10. The molecule has 162 valence electrons. The van der Waals surface area contributed by atoms with E-state index in [-0.39, 0.29) is 10.7 Å². The first kappa shape index (κ1) is 21.1. The Labute approximate surface area is 181 Å². The Bertz CT molecular complexity index is 1150. The van der Waals surface area contributed by atoms with Gasteiger partial charge in [-0.15, -0.1) is 0 Å². The molecule has 4 rings (SSSR count). The lowest BCUT2D eigenvalue weighted by atomic mass is 10.1. The van der Waals surface area contributed by atoms with Crippen molar-refractivity contribution in [3.05, 3.63) is 54.6 Å². The molecule has 1 saturated heterocycles. The third kappa shape index (κ3) is 5.15. The topological polar surface area (TPSA) is 113 Å². The first-order valence-electron chi connectivity index (χ1n) is 10.1. The van der Waals surface area contributed by atoms with Crippen LogP contribution in [0.15, 0.2) is 53.9 Å². The number of sulfone groups is 1. The molecule has 0 bridgehead atoms. The molecule has 0 radical (unpaired) electrons. The van der Waals surface area contributed by atoms with Gasteiger partial charge in [0.15, 0.2) is 9.84 Å². The summed E-state index contributed by atoms with van der Waals surface area (Å²) >= 11 is 0. The Morgan fingerprint density at radius 1 is 0.968 bits per heavy atom. The Hall–Kier alpha value is -3.11. The molecule has 31 heavy (non-hydrogen) atoms. The van der Waals surface area contributed by atoms with Crippen LogP contribution in [0.4, 0.5) is 23.3 Å². The fraction of sp³-hybridized carbons (Fsp3) is 0.333. The van der Waals surface area contributed by atoms with E-state index in [1.165, 1.54) is 37.0 Å². The smallest absolute Gasteiger partial charge is 0.179 e. The van der Waals surface area contributed by atoms with E-state index in [4.69, 9.17) is 0 Å². The highest BCUT2D eigenvalue weighted by molar-refractivity contribution is 7.90. The second-order valence-corrected chi connectivity index (χ2v) is 9.54. The van der Waals surface area contributed by atoms with Crippen molar-refractivity contribution >= 4 is 33.1 Å². The highest BCUT2D eigenvalue weighted by atomic mass is 32.2.